The predicted molar refractivity (Wildman–Crippen MR) is 93.5 cm³/mol. The number of rotatable bonds is 5. The van der Waals surface area contributed by atoms with Crippen molar-refractivity contribution in [3.05, 3.63) is 52.0 Å². The van der Waals surface area contributed by atoms with Crippen molar-refractivity contribution in [1.29, 1.82) is 0 Å². The van der Waals surface area contributed by atoms with E-state index < -0.39 is 10.0 Å². The smallest absolute Gasteiger partial charge is 0.276 e. The summed E-state index contributed by atoms with van der Waals surface area (Å²) in [7, 11) is -2.39. The highest BCUT2D eigenvalue weighted by molar-refractivity contribution is 7.89. The predicted octanol–water partition coefficient (Wildman–Crippen LogP) is 2.98. The van der Waals surface area contributed by atoms with Gasteiger partial charge in [-0.05, 0) is 37.6 Å². The van der Waals surface area contributed by atoms with Crippen molar-refractivity contribution in [2.75, 3.05) is 7.11 Å². The third-order valence-electron chi connectivity index (χ3n) is 3.33. The Morgan fingerprint density at radius 3 is 2.58 bits per heavy atom. The molecule has 0 aliphatic rings. The molecule has 0 bridgehead atoms. The molecule has 0 aliphatic heterocycles. The Labute approximate surface area is 145 Å². The van der Waals surface area contributed by atoms with E-state index in [1.807, 2.05) is 6.92 Å². The SMILES string of the molecule is COc1ccc(/C=N/NS(=O)(=O)c2ccc(C)cc2C)c(Cl)c1O. The molecule has 128 valence electrons. The van der Waals surface area contributed by atoms with Crippen LogP contribution in [0.15, 0.2) is 40.3 Å². The molecule has 2 aromatic rings. The summed E-state index contributed by atoms with van der Waals surface area (Å²) in [5, 5.41) is 13.5. The van der Waals surface area contributed by atoms with Crippen molar-refractivity contribution in [3.63, 3.8) is 0 Å². The molecule has 8 heteroatoms. The summed E-state index contributed by atoms with van der Waals surface area (Å²) < 4.78 is 29.5. The summed E-state index contributed by atoms with van der Waals surface area (Å²) in [5.41, 5.74) is 1.94. The average Bonchev–Trinajstić information content (AvgIpc) is 2.51. The molecule has 0 saturated carbocycles. The van der Waals surface area contributed by atoms with Crippen molar-refractivity contribution >= 4 is 27.8 Å². The number of aryl methyl sites for hydroxylation is 2. The zero-order valence-electron chi connectivity index (χ0n) is 13.4. The first-order valence-electron chi connectivity index (χ1n) is 6.94. The number of methoxy groups -OCH3 is 1. The minimum atomic E-state index is -3.79. The van der Waals surface area contributed by atoms with Crippen molar-refractivity contribution < 1.29 is 18.3 Å². The van der Waals surface area contributed by atoms with Crippen LogP contribution >= 0.6 is 11.6 Å². The van der Waals surface area contributed by atoms with Gasteiger partial charge in [-0.3, -0.25) is 0 Å². The molecule has 0 atom stereocenters. The Morgan fingerprint density at radius 2 is 1.96 bits per heavy atom. The molecule has 0 radical (unpaired) electrons. The lowest BCUT2D eigenvalue weighted by atomic mass is 10.2. The van der Waals surface area contributed by atoms with Crippen LogP contribution in [0.25, 0.3) is 0 Å². The molecule has 0 unspecified atom stereocenters. The van der Waals surface area contributed by atoms with E-state index in [4.69, 9.17) is 16.3 Å². The van der Waals surface area contributed by atoms with Crippen LogP contribution in [0.1, 0.15) is 16.7 Å². The minimum Gasteiger partial charge on any atom is -0.503 e. The zero-order chi connectivity index (χ0) is 17.9. The van der Waals surface area contributed by atoms with Crippen LogP contribution in [-0.2, 0) is 10.0 Å². The number of nitrogens with zero attached hydrogens (tertiary/aromatic N) is 1. The first kappa shape index (κ1) is 18.1. The number of hydrazone groups is 1. The largest absolute Gasteiger partial charge is 0.503 e. The average molecular weight is 369 g/mol. The molecule has 0 saturated heterocycles. The van der Waals surface area contributed by atoms with E-state index >= 15 is 0 Å². The molecule has 0 fully saturated rings. The van der Waals surface area contributed by atoms with E-state index in [-0.39, 0.29) is 21.4 Å². The van der Waals surface area contributed by atoms with Gasteiger partial charge in [-0.1, -0.05) is 29.3 Å². The van der Waals surface area contributed by atoms with Crippen LogP contribution < -0.4 is 9.57 Å². The van der Waals surface area contributed by atoms with Crippen molar-refractivity contribution in [1.82, 2.24) is 4.83 Å². The molecule has 0 amide bonds. The number of sulfonamides is 1. The van der Waals surface area contributed by atoms with Crippen molar-refractivity contribution in [3.8, 4) is 11.5 Å². The fourth-order valence-electron chi connectivity index (χ4n) is 2.14. The lowest BCUT2D eigenvalue weighted by Gasteiger charge is -2.08. The number of phenols is 1. The van der Waals surface area contributed by atoms with Crippen LogP contribution in [-0.4, -0.2) is 26.8 Å². The monoisotopic (exact) mass is 368 g/mol. The van der Waals surface area contributed by atoms with E-state index in [1.54, 1.807) is 25.1 Å². The Kier molecular flexibility index (Phi) is 5.36. The number of ether oxygens (including phenoxy) is 1. The highest BCUT2D eigenvalue weighted by Gasteiger charge is 2.16. The van der Waals surface area contributed by atoms with Crippen LogP contribution in [0.2, 0.25) is 5.02 Å². The maximum absolute atomic E-state index is 12.3. The molecule has 0 heterocycles. The van der Waals surface area contributed by atoms with Crippen LogP contribution in [0.5, 0.6) is 11.5 Å². The van der Waals surface area contributed by atoms with Crippen LogP contribution in [0, 0.1) is 13.8 Å². The van der Waals surface area contributed by atoms with Gasteiger partial charge in [0.2, 0.25) is 0 Å². The van der Waals surface area contributed by atoms with Crippen LogP contribution in [0.4, 0.5) is 0 Å². The van der Waals surface area contributed by atoms with Gasteiger partial charge in [-0.25, -0.2) is 4.83 Å². The topological polar surface area (TPSA) is 88.0 Å². The Morgan fingerprint density at radius 1 is 1.25 bits per heavy atom. The third kappa shape index (κ3) is 3.80. The summed E-state index contributed by atoms with van der Waals surface area (Å²) in [5.74, 6) is -0.0200. The Hall–Kier alpha value is -2.25. The van der Waals surface area contributed by atoms with Gasteiger partial charge in [-0.2, -0.15) is 13.5 Å². The lowest BCUT2D eigenvalue weighted by molar-refractivity contribution is 0.373. The van der Waals surface area contributed by atoms with Gasteiger partial charge in [0, 0.05) is 5.56 Å². The highest BCUT2D eigenvalue weighted by Crippen LogP contribution is 2.35. The number of hydrogen-bond donors (Lipinski definition) is 2. The van der Waals surface area contributed by atoms with Gasteiger partial charge in [0.1, 0.15) is 0 Å². The second kappa shape index (κ2) is 7.11. The molecule has 0 spiro atoms. The third-order valence-corrected chi connectivity index (χ3v) is 5.11. The first-order chi connectivity index (χ1) is 11.3. The summed E-state index contributed by atoms with van der Waals surface area (Å²) in [6.07, 6.45) is 1.21. The molecular formula is C16H17ClN2O4S. The normalized spacial score (nSPS) is 11.7. The quantitative estimate of drug-likeness (QED) is 0.627. The second-order valence-electron chi connectivity index (χ2n) is 5.14. The number of halogens is 1. The van der Waals surface area contributed by atoms with Gasteiger partial charge >= 0.3 is 0 Å². The minimum absolute atomic E-state index is 0.0174. The van der Waals surface area contributed by atoms with E-state index in [0.717, 1.165) is 5.56 Å². The standard InChI is InChI=1S/C16H17ClN2O4S/c1-10-4-7-14(11(2)8-10)24(21,22)19-18-9-12-5-6-13(23-3)16(20)15(12)17/h4-9,19-20H,1-3H3/b18-9+. The van der Waals surface area contributed by atoms with Crippen LogP contribution in [0.3, 0.4) is 0 Å². The number of aromatic hydroxyl groups is 1. The zero-order valence-corrected chi connectivity index (χ0v) is 14.9. The molecule has 6 nitrogen and oxygen atoms in total. The van der Waals surface area contributed by atoms with Crippen molar-refractivity contribution in [2.45, 2.75) is 18.7 Å². The molecular weight excluding hydrogens is 352 g/mol. The number of phenolic OH excluding ortho intramolecular Hbond substituents is 1. The van der Waals surface area contributed by atoms with Gasteiger partial charge in [0.25, 0.3) is 10.0 Å². The van der Waals surface area contributed by atoms with E-state index in [2.05, 4.69) is 9.93 Å². The number of benzene rings is 2. The van der Waals surface area contributed by atoms with E-state index in [1.165, 1.54) is 25.5 Å². The van der Waals surface area contributed by atoms with Gasteiger partial charge in [-0.15, -0.1) is 0 Å². The molecule has 2 rings (SSSR count). The lowest BCUT2D eigenvalue weighted by Crippen LogP contribution is -2.19. The molecule has 24 heavy (non-hydrogen) atoms. The summed E-state index contributed by atoms with van der Waals surface area (Å²) in [6, 6.07) is 8.06. The summed E-state index contributed by atoms with van der Waals surface area (Å²) >= 11 is 5.99. The maximum atomic E-state index is 12.3. The second-order valence-corrected chi connectivity index (χ2v) is 7.15. The molecule has 0 aromatic heterocycles. The van der Waals surface area contributed by atoms with E-state index in [0.29, 0.717) is 11.1 Å². The van der Waals surface area contributed by atoms with Gasteiger partial charge in [0.05, 0.1) is 23.2 Å². The van der Waals surface area contributed by atoms with Gasteiger partial charge in [0.15, 0.2) is 11.5 Å². The van der Waals surface area contributed by atoms with E-state index in [9.17, 15) is 13.5 Å². The maximum Gasteiger partial charge on any atom is 0.276 e. The first-order valence-corrected chi connectivity index (χ1v) is 8.80. The Balaban J connectivity index is 2.23. The number of hydrogen-bond acceptors (Lipinski definition) is 5. The summed E-state index contributed by atoms with van der Waals surface area (Å²) in [6.45, 7) is 3.59. The highest BCUT2D eigenvalue weighted by atomic mass is 35.5. The molecule has 2 N–H and O–H groups in total. The summed E-state index contributed by atoms with van der Waals surface area (Å²) in [4.78, 5) is 2.28. The number of nitrogens with one attached hydrogen (secondary N) is 1. The van der Waals surface area contributed by atoms with Gasteiger partial charge < -0.3 is 9.84 Å². The fourth-order valence-corrected chi connectivity index (χ4v) is 3.37. The molecule has 2 aromatic carbocycles. The molecule has 0 aliphatic carbocycles. The van der Waals surface area contributed by atoms with Crippen molar-refractivity contribution in [2.24, 2.45) is 5.10 Å². The Bertz CT molecular complexity index is 895. The fraction of sp³-hybridized carbons (Fsp3) is 0.188.